The van der Waals surface area contributed by atoms with Gasteiger partial charge in [-0.05, 0) is 45.8 Å². The molecule has 0 aromatic heterocycles. The molecule has 0 saturated carbocycles. The number of carbonyl (C=O) groups is 1. The molecule has 0 aromatic carbocycles. The minimum Gasteiger partial charge on any atom is -0.395 e. The monoisotopic (exact) mass is 325 g/mol. The molecule has 0 radical (unpaired) electrons. The van der Waals surface area contributed by atoms with Gasteiger partial charge < -0.3 is 15.3 Å². The van der Waals surface area contributed by atoms with Gasteiger partial charge in [0, 0.05) is 13.1 Å². The van der Waals surface area contributed by atoms with Gasteiger partial charge >= 0.3 is 6.18 Å². The molecule has 1 atom stereocenters. The fourth-order valence-electron chi connectivity index (χ4n) is 2.63. The van der Waals surface area contributed by atoms with E-state index >= 15 is 0 Å². The van der Waals surface area contributed by atoms with Crippen molar-refractivity contribution < 1.29 is 23.1 Å². The number of nitrogens with zero attached hydrogens (tertiary/aromatic N) is 2. The summed E-state index contributed by atoms with van der Waals surface area (Å²) in [4.78, 5) is 15.7. The number of hydrogen-bond donors (Lipinski definition) is 2. The van der Waals surface area contributed by atoms with Crippen molar-refractivity contribution in [1.82, 2.24) is 15.1 Å². The maximum atomic E-state index is 12.1. The van der Waals surface area contributed by atoms with Crippen LogP contribution in [0.1, 0.15) is 19.8 Å². The number of piperidine rings is 1. The van der Waals surface area contributed by atoms with Gasteiger partial charge in [-0.2, -0.15) is 13.2 Å². The standard InChI is InChI=1S/C14H26F3N3O2/c1-11(13(22)18-10-14(15,16)17)19(2)9-12-3-5-20(6-4-12)7-8-21/h11-12,21H,3-10H2,1-2H3,(H,18,22). The van der Waals surface area contributed by atoms with Crippen LogP contribution in [0.15, 0.2) is 0 Å². The van der Waals surface area contributed by atoms with Crippen molar-refractivity contribution in [2.45, 2.75) is 32.0 Å². The quantitative estimate of drug-likeness (QED) is 0.723. The van der Waals surface area contributed by atoms with E-state index in [0.29, 0.717) is 19.0 Å². The van der Waals surface area contributed by atoms with Crippen LogP contribution in [0.5, 0.6) is 0 Å². The average molecular weight is 325 g/mol. The minimum atomic E-state index is -4.38. The van der Waals surface area contributed by atoms with Gasteiger partial charge in [-0.1, -0.05) is 0 Å². The van der Waals surface area contributed by atoms with Crippen LogP contribution in [0.25, 0.3) is 0 Å². The first kappa shape index (κ1) is 19.2. The van der Waals surface area contributed by atoms with Crippen LogP contribution in [0.4, 0.5) is 13.2 Å². The fourth-order valence-corrected chi connectivity index (χ4v) is 2.63. The number of aliphatic hydroxyl groups excluding tert-OH is 1. The molecule has 1 aliphatic rings. The van der Waals surface area contributed by atoms with Gasteiger partial charge in [-0.15, -0.1) is 0 Å². The molecule has 1 heterocycles. The Bertz CT molecular complexity index is 345. The highest BCUT2D eigenvalue weighted by Crippen LogP contribution is 2.18. The fraction of sp³-hybridized carbons (Fsp3) is 0.929. The third kappa shape index (κ3) is 6.93. The molecule has 0 aliphatic carbocycles. The van der Waals surface area contributed by atoms with Gasteiger partial charge in [0.1, 0.15) is 6.54 Å². The van der Waals surface area contributed by atoms with Gasteiger partial charge in [-0.3, -0.25) is 9.69 Å². The smallest absolute Gasteiger partial charge is 0.395 e. The van der Waals surface area contributed by atoms with Gasteiger partial charge in [0.05, 0.1) is 12.6 Å². The van der Waals surface area contributed by atoms with E-state index in [1.165, 1.54) is 0 Å². The summed E-state index contributed by atoms with van der Waals surface area (Å²) in [5, 5.41) is 10.8. The van der Waals surface area contributed by atoms with Crippen molar-refractivity contribution in [3.05, 3.63) is 0 Å². The Morgan fingerprint density at radius 2 is 2.00 bits per heavy atom. The summed E-state index contributed by atoms with van der Waals surface area (Å²) in [7, 11) is 1.76. The number of likely N-dealkylation sites (tertiary alicyclic amines) is 1. The number of amides is 1. The van der Waals surface area contributed by atoms with Crippen LogP contribution in [-0.4, -0.2) is 79.4 Å². The first-order valence-corrected chi connectivity index (χ1v) is 7.61. The Morgan fingerprint density at radius 1 is 1.41 bits per heavy atom. The Hall–Kier alpha value is -0.860. The summed E-state index contributed by atoms with van der Waals surface area (Å²) in [6.07, 6.45) is -2.43. The van der Waals surface area contributed by atoms with Gasteiger partial charge in [0.2, 0.25) is 5.91 Å². The third-order valence-electron chi connectivity index (χ3n) is 4.17. The van der Waals surface area contributed by atoms with E-state index in [1.54, 1.807) is 18.9 Å². The lowest BCUT2D eigenvalue weighted by Crippen LogP contribution is -2.48. The van der Waals surface area contributed by atoms with Gasteiger partial charge in [0.25, 0.3) is 0 Å². The zero-order valence-corrected chi connectivity index (χ0v) is 13.2. The van der Waals surface area contributed by atoms with Crippen LogP contribution in [0.3, 0.4) is 0 Å². The van der Waals surface area contributed by atoms with Crippen LogP contribution in [-0.2, 0) is 4.79 Å². The summed E-state index contributed by atoms with van der Waals surface area (Å²) in [6.45, 7) is 3.67. The molecule has 1 aliphatic heterocycles. The number of β-amino-alcohol motifs (C(OH)–C–C–N with tert-alkyl or cyclic N) is 1. The topological polar surface area (TPSA) is 55.8 Å². The summed E-state index contributed by atoms with van der Waals surface area (Å²) in [5.41, 5.74) is 0. The zero-order chi connectivity index (χ0) is 16.8. The number of alkyl halides is 3. The molecular formula is C14H26F3N3O2. The van der Waals surface area contributed by atoms with Crippen LogP contribution < -0.4 is 5.32 Å². The number of halogens is 3. The average Bonchev–Trinajstić information content (AvgIpc) is 2.45. The largest absolute Gasteiger partial charge is 0.405 e. The van der Waals surface area contributed by atoms with E-state index in [4.69, 9.17) is 5.11 Å². The second kappa shape index (κ2) is 8.69. The molecule has 0 bridgehead atoms. The molecule has 1 rings (SSSR count). The van der Waals surface area contributed by atoms with E-state index in [2.05, 4.69) is 4.90 Å². The second-order valence-electron chi connectivity index (χ2n) is 5.96. The lowest BCUT2D eigenvalue weighted by molar-refractivity contribution is -0.141. The molecule has 5 nitrogen and oxygen atoms in total. The Balaban J connectivity index is 2.32. The van der Waals surface area contributed by atoms with Crippen LogP contribution >= 0.6 is 0 Å². The SMILES string of the molecule is CC(C(=O)NCC(F)(F)F)N(C)CC1CCN(CCO)CC1. The molecule has 2 N–H and O–H groups in total. The van der Waals surface area contributed by atoms with E-state index in [-0.39, 0.29) is 6.61 Å². The molecule has 130 valence electrons. The number of nitrogens with one attached hydrogen (secondary N) is 1. The van der Waals surface area contributed by atoms with E-state index < -0.39 is 24.7 Å². The van der Waals surface area contributed by atoms with E-state index in [1.807, 2.05) is 5.32 Å². The molecule has 1 unspecified atom stereocenters. The van der Waals surface area contributed by atoms with Gasteiger partial charge in [-0.25, -0.2) is 0 Å². The van der Waals surface area contributed by atoms with Crippen molar-refractivity contribution >= 4 is 5.91 Å². The number of likely N-dealkylation sites (N-methyl/N-ethyl adjacent to an activating group) is 1. The molecular weight excluding hydrogens is 299 g/mol. The molecule has 0 spiro atoms. The summed E-state index contributed by atoms with van der Waals surface area (Å²) < 4.78 is 36.3. The highest BCUT2D eigenvalue weighted by Gasteiger charge is 2.30. The predicted molar refractivity (Wildman–Crippen MR) is 77.4 cm³/mol. The number of aliphatic hydroxyl groups is 1. The van der Waals surface area contributed by atoms with Crippen molar-refractivity contribution in [1.29, 1.82) is 0 Å². The molecule has 1 amide bonds. The van der Waals surface area contributed by atoms with E-state index in [9.17, 15) is 18.0 Å². The lowest BCUT2D eigenvalue weighted by atomic mass is 9.96. The summed E-state index contributed by atoms with van der Waals surface area (Å²) in [5.74, 6) is -0.171. The Labute approximate surface area is 129 Å². The van der Waals surface area contributed by atoms with Crippen molar-refractivity contribution in [3.63, 3.8) is 0 Å². The number of carbonyl (C=O) groups excluding carboxylic acids is 1. The maximum absolute atomic E-state index is 12.1. The molecule has 1 saturated heterocycles. The minimum absolute atomic E-state index is 0.154. The summed E-state index contributed by atoms with van der Waals surface area (Å²) >= 11 is 0. The third-order valence-corrected chi connectivity index (χ3v) is 4.17. The van der Waals surface area contributed by atoms with Crippen LogP contribution in [0.2, 0.25) is 0 Å². The maximum Gasteiger partial charge on any atom is 0.405 e. The van der Waals surface area contributed by atoms with Crippen molar-refractivity contribution in [2.75, 3.05) is 46.4 Å². The van der Waals surface area contributed by atoms with Crippen LogP contribution in [0, 0.1) is 5.92 Å². The Morgan fingerprint density at radius 3 is 2.50 bits per heavy atom. The molecule has 0 aromatic rings. The lowest BCUT2D eigenvalue weighted by Gasteiger charge is -2.34. The molecule has 22 heavy (non-hydrogen) atoms. The molecule has 8 heteroatoms. The Kier molecular flexibility index (Phi) is 7.58. The highest BCUT2D eigenvalue weighted by atomic mass is 19.4. The van der Waals surface area contributed by atoms with E-state index in [0.717, 1.165) is 25.9 Å². The summed E-state index contributed by atoms with van der Waals surface area (Å²) in [6, 6.07) is -0.585. The first-order valence-electron chi connectivity index (χ1n) is 7.61. The number of hydrogen-bond acceptors (Lipinski definition) is 4. The van der Waals surface area contributed by atoms with Crippen molar-refractivity contribution in [2.24, 2.45) is 5.92 Å². The zero-order valence-electron chi connectivity index (χ0n) is 13.2. The highest BCUT2D eigenvalue weighted by molar-refractivity contribution is 5.81. The normalized spacial score (nSPS) is 19.4. The first-order chi connectivity index (χ1) is 10.2. The number of rotatable bonds is 7. The van der Waals surface area contributed by atoms with Crippen molar-refractivity contribution in [3.8, 4) is 0 Å². The second-order valence-corrected chi connectivity index (χ2v) is 5.96. The molecule has 1 fully saturated rings. The van der Waals surface area contributed by atoms with Gasteiger partial charge in [0.15, 0.2) is 0 Å². The predicted octanol–water partition coefficient (Wildman–Crippen LogP) is 0.689.